The van der Waals surface area contributed by atoms with Crippen LogP contribution in [0.5, 0.6) is 0 Å². The summed E-state index contributed by atoms with van der Waals surface area (Å²) in [7, 11) is 0. The van der Waals surface area contributed by atoms with Gasteiger partial charge in [0.05, 0.1) is 0 Å². The molecule has 1 heterocycles. The molecular formula is C13H24N2O2. The van der Waals surface area contributed by atoms with Crippen molar-refractivity contribution in [1.82, 2.24) is 10.2 Å². The summed E-state index contributed by atoms with van der Waals surface area (Å²) < 4.78 is 0. The lowest BCUT2D eigenvalue weighted by Crippen LogP contribution is -2.40. The zero-order chi connectivity index (χ0) is 12.9. The van der Waals surface area contributed by atoms with E-state index >= 15 is 0 Å². The Kier molecular flexibility index (Phi) is 4.97. The van der Waals surface area contributed by atoms with E-state index in [1.54, 1.807) is 13.8 Å². The first-order valence-electron chi connectivity index (χ1n) is 6.63. The third kappa shape index (κ3) is 3.72. The minimum atomic E-state index is -0.723. The van der Waals surface area contributed by atoms with Crippen molar-refractivity contribution in [3.8, 4) is 0 Å². The van der Waals surface area contributed by atoms with Crippen molar-refractivity contribution in [3.63, 3.8) is 0 Å². The van der Waals surface area contributed by atoms with E-state index < -0.39 is 5.54 Å². The van der Waals surface area contributed by atoms with Gasteiger partial charge in [0, 0.05) is 6.54 Å². The molecule has 0 aromatic carbocycles. The average Bonchev–Trinajstić information content (AvgIpc) is 2.44. The number of imide groups is 1. The molecule has 3 amide bonds. The lowest BCUT2D eigenvalue weighted by molar-refractivity contribution is -0.130. The van der Waals surface area contributed by atoms with Crippen LogP contribution in [0, 0.1) is 0 Å². The van der Waals surface area contributed by atoms with Crippen LogP contribution in [-0.4, -0.2) is 28.9 Å². The molecule has 0 atom stereocenters. The highest BCUT2D eigenvalue weighted by molar-refractivity contribution is 6.06. The molecule has 0 aromatic rings. The van der Waals surface area contributed by atoms with Gasteiger partial charge in [-0.25, -0.2) is 4.79 Å². The standard InChI is InChI=1S/C13H24N2O2/c1-4-5-6-7-8-9-10-15-11(16)13(2,3)14-12(15)17/h4-10H2,1-3H3,(H,14,17). The Morgan fingerprint density at radius 2 is 1.65 bits per heavy atom. The summed E-state index contributed by atoms with van der Waals surface area (Å²) in [6.45, 7) is 6.23. The van der Waals surface area contributed by atoms with Crippen LogP contribution in [-0.2, 0) is 4.79 Å². The smallest absolute Gasteiger partial charge is 0.324 e. The minimum Gasteiger partial charge on any atom is -0.324 e. The highest BCUT2D eigenvalue weighted by Crippen LogP contribution is 2.17. The Labute approximate surface area is 104 Å². The van der Waals surface area contributed by atoms with Crippen LogP contribution < -0.4 is 5.32 Å². The van der Waals surface area contributed by atoms with Crippen molar-refractivity contribution in [2.75, 3.05) is 6.54 Å². The molecule has 1 rings (SSSR count). The number of rotatable bonds is 7. The van der Waals surface area contributed by atoms with Gasteiger partial charge in [0.2, 0.25) is 0 Å². The summed E-state index contributed by atoms with van der Waals surface area (Å²) in [6, 6.07) is -0.242. The second kappa shape index (κ2) is 6.03. The van der Waals surface area contributed by atoms with Gasteiger partial charge in [0.15, 0.2) is 0 Å². The minimum absolute atomic E-state index is 0.101. The predicted octanol–water partition coefficient (Wildman–Crippen LogP) is 2.68. The third-order valence-corrected chi connectivity index (χ3v) is 3.18. The van der Waals surface area contributed by atoms with Crippen LogP contribution in [0.15, 0.2) is 0 Å². The van der Waals surface area contributed by atoms with Crippen LogP contribution >= 0.6 is 0 Å². The number of urea groups is 1. The fourth-order valence-electron chi connectivity index (χ4n) is 2.07. The predicted molar refractivity (Wildman–Crippen MR) is 67.7 cm³/mol. The summed E-state index contributed by atoms with van der Waals surface area (Å²) in [6.07, 6.45) is 6.97. The Balaban J connectivity index is 2.24. The SMILES string of the molecule is CCCCCCCCN1C(=O)NC(C)(C)C1=O. The van der Waals surface area contributed by atoms with Crippen molar-refractivity contribution in [1.29, 1.82) is 0 Å². The normalized spacial score (nSPS) is 18.6. The molecule has 0 unspecified atom stereocenters. The fraction of sp³-hybridized carbons (Fsp3) is 0.846. The molecular weight excluding hydrogens is 216 g/mol. The zero-order valence-corrected chi connectivity index (χ0v) is 11.2. The van der Waals surface area contributed by atoms with Gasteiger partial charge in [0.25, 0.3) is 5.91 Å². The molecule has 0 bridgehead atoms. The van der Waals surface area contributed by atoms with Crippen molar-refractivity contribution in [3.05, 3.63) is 0 Å². The highest BCUT2D eigenvalue weighted by atomic mass is 16.2. The number of hydrogen-bond acceptors (Lipinski definition) is 2. The first-order valence-corrected chi connectivity index (χ1v) is 6.63. The van der Waals surface area contributed by atoms with Gasteiger partial charge in [0.1, 0.15) is 5.54 Å². The van der Waals surface area contributed by atoms with Crippen molar-refractivity contribution >= 4 is 11.9 Å². The second-order valence-electron chi connectivity index (χ2n) is 5.28. The number of amides is 3. The molecule has 4 nitrogen and oxygen atoms in total. The maximum absolute atomic E-state index is 11.8. The number of carbonyl (C=O) groups is 2. The molecule has 1 aliphatic rings. The number of unbranched alkanes of at least 4 members (excludes halogenated alkanes) is 5. The van der Waals surface area contributed by atoms with Gasteiger partial charge in [-0.05, 0) is 20.3 Å². The van der Waals surface area contributed by atoms with Gasteiger partial charge in [-0.15, -0.1) is 0 Å². The molecule has 0 spiro atoms. The van der Waals surface area contributed by atoms with E-state index in [2.05, 4.69) is 12.2 Å². The van der Waals surface area contributed by atoms with Crippen LogP contribution in [0.2, 0.25) is 0 Å². The Hall–Kier alpha value is -1.06. The number of carbonyl (C=O) groups excluding carboxylic acids is 2. The van der Waals surface area contributed by atoms with Crippen LogP contribution in [0.25, 0.3) is 0 Å². The Bertz CT molecular complexity index is 287. The van der Waals surface area contributed by atoms with E-state index in [0.717, 1.165) is 12.8 Å². The zero-order valence-electron chi connectivity index (χ0n) is 11.2. The van der Waals surface area contributed by atoms with Crippen molar-refractivity contribution < 1.29 is 9.59 Å². The molecule has 1 fully saturated rings. The molecule has 4 heteroatoms. The highest BCUT2D eigenvalue weighted by Gasteiger charge is 2.43. The molecule has 1 saturated heterocycles. The maximum Gasteiger partial charge on any atom is 0.325 e. The van der Waals surface area contributed by atoms with Crippen molar-refractivity contribution in [2.45, 2.75) is 64.8 Å². The second-order valence-corrected chi connectivity index (χ2v) is 5.28. The van der Waals surface area contributed by atoms with E-state index in [9.17, 15) is 9.59 Å². The number of nitrogens with one attached hydrogen (secondary N) is 1. The molecule has 98 valence electrons. The van der Waals surface area contributed by atoms with Crippen LogP contribution in [0.4, 0.5) is 4.79 Å². The van der Waals surface area contributed by atoms with Gasteiger partial charge < -0.3 is 5.32 Å². The topological polar surface area (TPSA) is 49.4 Å². The lowest BCUT2D eigenvalue weighted by atomic mass is 10.1. The molecule has 1 aliphatic heterocycles. The summed E-state index contributed by atoms with van der Waals surface area (Å²) in [5, 5.41) is 2.69. The summed E-state index contributed by atoms with van der Waals surface area (Å²) in [5.41, 5.74) is -0.723. The monoisotopic (exact) mass is 240 g/mol. The van der Waals surface area contributed by atoms with Crippen LogP contribution in [0.1, 0.15) is 59.3 Å². The van der Waals surface area contributed by atoms with E-state index in [1.807, 2.05) is 0 Å². The Morgan fingerprint density at radius 1 is 1.06 bits per heavy atom. The van der Waals surface area contributed by atoms with E-state index in [-0.39, 0.29) is 11.9 Å². The molecule has 1 N–H and O–H groups in total. The largest absolute Gasteiger partial charge is 0.325 e. The fourth-order valence-corrected chi connectivity index (χ4v) is 2.07. The van der Waals surface area contributed by atoms with E-state index in [4.69, 9.17) is 0 Å². The first kappa shape index (κ1) is 14.0. The van der Waals surface area contributed by atoms with Crippen molar-refractivity contribution in [2.24, 2.45) is 0 Å². The summed E-state index contributed by atoms with van der Waals surface area (Å²) in [5.74, 6) is -0.101. The molecule has 17 heavy (non-hydrogen) atoms. The Morgan fingerprint density at radius 3 is 2.18 bits per heavy atom. The van der Waals surface area contributed by atoms with Gasteiger partial charge in [-0.2, -0.15) is 0 Å². The average molecular weight is 240 g/mol. The molecule has 0 radical (unpaired) electrons. The quantitative estimate of drug-likeness (QED) is 0.549. The summed E-state index contributed by atoms with van der Waals surface area (Å²) >= 11 is 0. The third-order valence-electron chi connectivity index (χ3n) is 3.18. The van der Waals surface area contributed by atoms with Gasteiger partial charge in [-0.1, -0.05) is 39.0 Å². The maximum atomic E-state index is 11.8. The van der Waals surface area contributed by atoms with Gasteiger partial charge in [-0.3, -0.25) is 9.69 Å². The number of hydrogen-bond donors (Lipinski definition) is 1. The van der Waals surface area contributed by atoms with E-state index in [0.29, 0.717) is 6.54 Å². The lowest BCUT2D eigenvalue weighted by Gasteiger charge is -2.15. The van der Waals surface area contributed by atoms with Crippen LogP contribution in [0.3, 0.4) is 0 Å². The molecule has 0 aliphatic carbocycles. The molecule has 0 saturated carbocycles. The first-order chi connectivity index (χ1) is 7.99. The van der Waals surface area contributed by atoms with Gasteiger partial charge >= 0.3 is 6.03 Å². The molecule has 0 aromatic heterocycles. The van der Waals surface area contributed by atoms with E-state index in [1.165, 1.54) is 30.6 Å². The number of nitrogens with zero attached hydrogens (tertiary/aromatic N) is 1. The summed E-state index contributed by atoms with van der Waals surface area (Å²) in [4.78, 5) is 24.8.